The van der Waals surface area contributed by atoms with E-state index in [1.807, 2.05) is 0 Å². The number of carbonyl (C=O) groups is 1. The van der Waals surface area contributed by atoms with E-state index in [9.17, 15) is 21.1 Å². The summed E-state index contributed by atoms with van der Waals surface area (Å²) in [5.41, 5.74) is -0.331. The molecule has 0 aliphatic carbocycles. The molecule has 2 rings (SSSR count). The van der Waals surface area contributed by atoms with Crippen LogP contribution in [0, 0.1) is 3.57 Å². The Bertz CT molecular complexity index is 724. The molecule has 0 radical (unpaired) electrons. The fourth-order valence-corrected chi connectivity index (χ4v) is 3.04. The lowest BCUT2D eigenvalue weighted by Gasteiger charge is -2.05. The van der Waals surface area contributed by atoms with E-state index < -0.39 is 37.3 Å². The average Bonchev–Trinajstić information content (AvgIpc) is 2.28. The minimum atomic E-state index is -3.96. The summed E-state index contributed by atoms with van der Waals surface area (Å²) in [7, 11) is 0. The zero-order chi connectivity index (χ0) is 13.4. The van der Waals surface area contributed by atoms with E-state index in [4.69, 9.17) is 5.11 Å². The van der Waals surface area contributed by atoms with Crippen LogP contribution >= 0.6 is 19.8 Å². The van der Waals surface area contributed by atoms with Gasteiger partial charge in [-0.3, -0.25) is 0 Å². The molecule has 0 unspecified atom stereocenters. The molecule has 0 saturated heterocycles. The van der Waals surface area contributed by atoms with Gasteiger partial charge in [-0.05, 0) is 35.0 Å². The molecular formula is C11H7IO6. The predicted octanol–water partition coefficient (Wildman–Crippen LogP) is 2.32. The number of hydrogen-bond acceptors (Lipinski definition) is 5. The van der Waals surface area contributed by atoms with Crippen LogP contribution in [0.4, 0.5) is 0 Å². The minimum Gasteiger partial charge on any atom is -0.504 e. The first kappa shape index (κ1) is 12.6. The largest absolute Gasteiger partial charge is 0.504 e. The predicted molar refractivity (Wildman–Crippen MR) is 68.3 cm³/mol. The van der Waals surface area contributed by atoms with Crippen molar-refractivity contribution in [3.63, 3.8) is 0 Å². The number of aromatic hydroxyl groups is 2. The Morgan fingerprint density at radius 1 is 0.944 bits per heavy atom. The topological polar surface area (TPSA) is 112 Å². The monoisotopic (exact) mass is 362 g/mol. The normalized spacial score (nSPS) is 10.9. The molecular weight excluding hydrogens is 355 g/mol. The van der Waals surface area contributed by atoms with Crippen LogP contribution in [0.3, 0.4) is 0 Å². The number of fused-ring (bicyclic) bond motifs is 1. The maximum absolute atomic E-state index is 11.1. The third-order valence-electron chi connectivity index (χ3n) is 2.42. The molecule has 2 aromatic rings. The van der Waals surface area contributed by atoms with Crippen LogP contribution in [0.5, 0.6) is 11.5 Å². The summed E-state index contributed by atoms with van der Waals surface area (Å²) in [6, 6.07) is 4.70. The van der Waals surface area contributed by atoms with Gasteiger partial charge >= 0.3 is 25.8 Å². The minimum absolute atomic E-state index is 0.246. The number of rotatable bonds is 2. The van der Waals surface area contributed by atoms with Crippen molar-refractivity contribution in [3.05, 3.63) is 33.4 Å². The molecule has 0 aromatic heterocycles. The number of benzene rings is 2. The fraction of sp³-hybridized carbons (Fsp3) is 0. The van der Waals surface area contributed by atoms with Crippen LogP contribution in [-0.4, -0.2) is 21.3 Å². The van der Waals surface area contributed by atoms with Crippen molar-refractivity contribution in [3.8, 4) is 11.5 Å². The number of carboxylic acid groups (broad SMARTS) is 1. The van der Waals surface area contributed by atoms with Crippen LogP contribution in [0.15, 0.2) is 24.3 Å². The van der Waals surface area contributed by atoms with Gasteiger partial charge in [0.05, 0.1) is 9.13 Å². The summed E-state index contributed by atoms with van der Waals surface area (Å²) in [6.07, 6.45) is 0. The molecule has 0 aliphatic rings. The fourth-order valence-electron chi connectivity index (χ4n) is 1.59. The van der Waals surface area contributed by atoms with E-state index in [0.717, 1.165) is 6.07 Å². The van der Waals surface area contributed by atoms with Gasteiger partial charge in [0, 0.05) is 0 Å². The number of aromatic carboxylic acids is 1. The summed E-state index contributed by atoms with van der Waals surface area (Å²) in [6.45, 7) is 0. The Hall–Kier alpha value is -1.90. The van der Waals surface area contributed by atoms with Crippen molar-refractivity contribution in [2.45, 2.75) is 0 Å². The molecule has 0 aliphatic heterocycles. The first-order valence-corrected chi connectivity index (χ1v) is 7.52. The van der Waals surface area contributed by atoms with E-state index in [0.29, 0.717) is 10.8 Å². The standard InChI is InChI=1S/C11H7IO6/c13-9-3-5-1-7(11(15)16)8(12(17)18)2-6(5)4-10(9)14/h1-4,13-14H,(H,15,16). The summed E-state index contributed by atoms with van der Waals surface area (Å²) >= 11 is -3.96. The van der Waals surface area contributed by atoms with Crippen LogP contribution in [0.1, 0.15) is 10.4 Å². The van der Waals surface area contributed by atoms with Gasteiger partial charge < -0.3 is 15.3 Å². The zero-order valence-electron chi connectivity index (χ0n) is 8.75. The summed E-state index contributed by atoms with van der Waals surface area (Å²) in [5.74, 6) is -2.15. The van der Waals surface area contributed by atoms with Gasteiger partial charge in [-0.1, -0.05) is 0 Å². The summed E-state index contributed by atoms with van der Waals surface area (Å²) < 4.78 is 21.9. The van der Waals surface area contributed by atoms with Gasteiger partial charge in [-0.2, -0.15) is 0 Å². The third-order valence-corrected chi connectivity index (χ3v) is 4.26. The molecule has 0 spiro atoms. The number of phenols is 2. The lowest BCUT2D eigenvalue weighted by atomic mass is 10.1. The van der Waals surface area contributed by atoms with Gasteiger partial charge in [0.1, 0.15) is 0 Å². The van der Waals surface area contributed by atoms with E-state index in [2.05, 4.69) is 0 Å². The molecule has 0 heterocycles. The molecule has 6 nitrogen and oxygen atoms in total. The molecule has 7 heteroatoms. The van der Waals surface area contributed by atoms with Crippen molar-refractivity contribution in [1.82, 2.24) is 0 Å². The highest BCUT2D eigenvalue weighted by atomic mass is 127. The third kappa shape index (κ3) is 2.08. The smallest absolute Gasteiger partial charge is 0.341 e. The van der Waals surface area contributed by atoms with E-state index in [1.165, 1.54) is 18.2 Å². The molecule has 0 amide bonds. The van der Waals surface area contributed by atoms with Gasteiger partial charge in [0.15, 0.2) is 11.5 Å². The number of carboxylic acids is 1. The van der Waals surface area contributed by atoms with Crippen molar-refractivity contribution >= 4 is 36.5 Å². The van der Waals surface area contributed by atoms with Crippen LogP contribution in [-0.2, 0) is 6.14 Å². The Balaban J connectivity index is 2.89. The molecule has 0 fully saturated rings. The number of hydrogen-bond donors (Lipinski definition) is 3. The lowest BCUT2D eigenvalue weighted by Crippen LogP contribution is -2.00. The molecule has 0 saturated carbocycles. The lowest BCUT2D eigenvalue weighted by molar-refractivity contribution is 0.0696. The molecule has 3 N–H and O–H groups in total. The second-order valence-electron chi connectivity index (χ2n) is 3.54. The summed E-state index contributed by atoms with van der Waals surface area (Å²) in [5, 5.41) is 28.2. The molecule has 2 aromatic carbocycles. The molecule has 0 atom stereocenters. The Kier molecular flexibility index (Phi) is 3.07. The van der Waals surface area contributed by atoms with Crippen molar-refractivity contribution in [2.75, 3.05) is 0 Å². The average molecular weight is 362 g/mol. The number of halogens is 1. The SMILES string of the molecule is O=C(O)c1cc2cc(O)c(O)cc2cc1I(=O)=O. The maximum atomic E-state index is 11.1. The van der Waals surface area contributed by atoms with E-state index in [1.54, 1.807) is 0 Å². The second-order valence-corrected chi connectivity index (χ2v) is 5.95. The summed E-state index contributed by atoms with van der Waals surface area (Å²) in [4.78, 5) is 11.0. The van der Waals surface area contributed by atoms with Gasteiger partial charge in [-0.15, -0.1) is 0 Å². The van der Waals surface area contributed by atoms with Crippen molar-refractivity contribution in [1.29, 1.82) is 0 Å². The second kappa shape index (κ2) is 4.41. The highest BCUT2D eigenvalue weighted by molar-refractivity contribution is 14.2. The molecule has 18 heavy (non-hydrogen) atoms. The Labute approximate surface area is 108 Å². The van der Waals surface area contributed by atoms with Gasteiger partial charge in [0.2, 0.25) is 0 Å². The maximum Gasteiger partial charge on any atom is 0.341 e. The highest BCUT2D eigenvalue weighted by Crippen LogP contribution is 2.33. The van der Waals surface area contributed by atoms with Crippen molar-refractivity contribution < 1.29 is 26.3 Å². The van der Waals surface area contributed by atoms with Crippen molar-refractivity contribution in [2.24, 2.45) is 0 Å². The zero-order valence-corrected chi connectivity index (χ0v) is 10.9. The van der Waals surface area contributed by atoms with Crippen LogP contribution in [0.2, 0.25) is 0 Å². The van der Waals surface area contributed by atoms with Crippen LogP contribution in [0.25, 0.3) is 10.8 Å². The molecule has 0 bridgehead atoms. The van der Waals surface area contributed by atoms with Crippen LogP contribution < -0.4 is 0 Å². The highest BCUT2D eigenvalue weighted by Gasteiger charge is 2.16. The van der Waals surface area contributed by atoms with Gasteiger partial charge in [0.25, 0.3) is 0 Å². The number of phenolic OH excluding ortho intramolecular Hbond substituents is 2. The first-order chi connectivity index (χ1) is 8.40. The Morgan fingerprint density at radius 2 is 1.44 bits per heavy atom. The van der Waals surface area contributed by atoms with E-state index >= 15 is 0 Å². The first-order valence-electron chi connectivity index (χ1n) is 4.68. The quantitative estimate of drug-likeness (QED) is 0.558. The van der Waals surface area contributed by atoms with E-state index in [-0.39, 0.29) is 9.13 Å². The molecule has 94 valence electrons. The van der Waals surface area contributed by atoms with Gasteiger partial charge in [-0.25, -0.2) is 10.9 Å². The Morgan fingerprint density at radius 3 is 1.89 bits per heavy atom.